The van der Waals surface area contributed by atoms with Crippen molar-refractivity contribution in [1.29, 1.82) is 0 Å². The molecule has 14 heavy (non-hydrogen) atoms. The molecule has 1 nitrogen and oxygen atoms in total. The maximum absolute atomic E-state index is 3.14. The van der Waals surface area contributed by atoms with Crippen LogP contribution in [0.15, 0.2) is 42.0 Å². The van der Waals surface area contributed by atoms with Crippen LogP contribution in [0.5, 0.6) is 0 Å². The fourth-order valence-electron chi connectivity index (χ4n) is 1.45. The molecule has 0 aliphatic rings. The van der Waals surface area contributed by atoms with Crippen molar-refractivity contribution in [2.45, 2.75) is 19.8 Å². The van der Waals surface area contributed by atoms with Gasteiger partial charge in [-0.3, -0.25) is 0 Å². The molecule has 1 N–H and O–H groups in total. The van der Waals surface area contributed by atoms with Gasteiger partial charge in [0.05, 0.1) is 0 Å². The molecule has 1 rings (SSSR count). The Bertz CT molecular complexity index is 275. The van der Waals surface area contributed by atoms with Crippen molar-refractivity contribution in [3.05, 3.63) is 47.5 Å². The van der Waals surface area contributed by atoms with E-state index in [9.17, 15) is 0 Å². The first-order valence-corrected chi connectivity index (χ1v) is 5.17. The van der Waals surface area contributed by atoms with Crippen molar-refractivity contribution in [2.24, 2.45) is 0 Å². The third-order valence-corrected chi connectivity index (χ3v) is 2.21. The minimum Gasteiger partial charge on any atom is -0.319 e. The molecular formula is C13H19N. The maximum Gasteiger partial charge on any atom is -0.00172 e. The smallest absolute Gasteiger partial charge is 0.00172 e. The van der Waals surface area contributed by atoms with E-state index in [-0.39, 0.29) is 0 Å². The molecule has 0 fully saturated rings. The van der Waals surface area contributed by atoms with Crippen molar-refractivity contribution >= 4 is 0 Å². The van der Waals surface area contributed by atoms with E-state index in [1.165, 1.54) is 11.1 Å². The molecule has 0 heterocycles. The lowest BCUT2D eigenvalue weighted by molar-refractivity contribution is 0.803. The molecule has 1 aromatic rings. The minimum atomic E-state index is 1.06. The monoisotopic (exact) mass is 189 g/mol. The standard InChI is InChI=1S/C13H19N/c1-12(7-6-10-14-2)11-13-8-4-3-5-9-13/h3-5,7-9,14H,6,10-11H2,1-2H3/b12-7+. The van der Waals surface area contributed by atoms with Crippen LogP contribution in [0.3, 0.4) is 0 Å². The highest BCUT2D eigenvalue weighted by Gasteiger charge is 1.92. The van der Waals surface area contributed by atoms with Crippen LogP contribution in [0.2, 0.25) is 0 Å². The molecule has 0 spiro atoms. The van der Waals surface area contributed by atoms with Crippen LogP contribution in [0.1, 0.15) is 18.9 Å². The Morgan fingerprint density at radius 1 is 1.29 bits per heavy atom. The molecule has 0 saturated carbocycles. The summed E-state index contributed by atoms with van der Waals surface area (Å²) in [5.41, 5.74) is 2.84. The lowest BCUT2D eigenvalue weighted by Crippen LogP contribution is -2.06. The van der Waals surface area contributed by atoms with Crippen molar-refractivity contribution in [1.82, 2.24) is 5.32 Å². The van der Waals surface area contributed by atoms with E-state index in [1.807, 2.05) is 7.05 Å². The molecular weight excluding hydrogens is 170 g/mol. The SMILES string of the molecule is CNCC/C=C(\C)Cc1ccccc1. The fourth-order valence-corrected chi connectivity index (χ4v) is 1.45. The number of benzene rings is 1. The average molecular weight is 189 g/mol. The molecule has 76 valence electrons. The summed E-state index contributed by atoms with van der Waals surface area (Å²) in [5.74, 6) is 0. The van der Waals surface area contributed by atoms with E-state index in [1.54, 1.807) is 0 Å². The highest BCUT2D eigenvalue weighted by molar-refractivity contribution is 5.20. The zero-order valence-electron chi connectivity index (χ0n) is 9.09. The topological polar surface area (TPSA) is 12.0 Å². The van der Waals surface area contributed by atoms with Gasteiger partial charge in [0.25, 0.3) is 0 Å². The highest BCUT2D eigenvalue weighted by atomic mass is 14.8. The zero-order chi connectivity index (χ0) is 10.2. The Morgan fingerprint density at radius 3 is 2.64 bits per heavy atom. The van der Waals surface area contributed by atoms with E-state index < -0.39 is 0 Å². The summed E-state index contributed by atoms with van der Waals surface area (Å²) in [7, 11) is 1.99. The molecule has 0 aliphatic carbocycles. The van der Waals surface area contributed by atoms with Crippen LogP contribution in [-0.4, -0.2) is 13.6 Å². The summed E-state index contributed by atoms with van der Waals surface area (Å²) >= 11 is 0. The molecule has 0 bridgehead atoms. The van der Waals surface area contributed by atoms with Gasteiger partial charge in [-0.1, -0.05) is 42.0 Å². The first-order valence-electron chi connectivity index (χ1n) is 5.17. The van der Waals surface area contributed by atoms with Crippen molar-refractivity contribution in [2.75, 3.05) is 13.6 Å². The Balaban J connectivity index is 2.40. The summed E-state index contributed by atoms with van der Waals surface area (Å²) in [6.45, 7) is 3.26. The van der Waals surface area contributed by atoms with Crippen LogP contribution in [-0.2, 0) is 6.42 Å². The van der Waals surface area contributed by atoms with E-state index in [4.69, 9.17) is 0 Å². The minimum absolute atomic E-state index is 1.06. The summed E-state index contributed by atoms with van der Waals surface area (Å²) in [6, 6.07) is 10.6. The molecule has 0 radical (unpaired) electrons. The number of nitrogens with one attached hydrogen (secondary N) is 1. The van der Waals surface area contributed by atoms with Gasteiger partial charge in [-0.2, -0.15) is 0 Å². The second-order valence-corrected chi connectivity index (χ2v) is 3.61. The maximum atomic E-state index is 3.14. The van der Waals surface area contributed by atoms with Crippen molar-refractivity contribution in [3.63, 3.8) is 0 Å². The second-order valence-electron chi connectivity index (χ2n) is 3.61. The molecule has 0 aliphatic heterocycles. The average Bonchev–Trinajstić information content (AvgIpc) is 2.20. The number of rotatable bonds is 5. The summed E-state index contributed by atoms with van der Waals surface area (Å²) < 4.78 is 0. The summed E-state index contributed by atoms with van der Waals surface area (Å²) in [5, 5.41) is 3.14. The van der Waals surface area contributed by atoms with Gasteiger partial charge in [0.15, 0.2) is 0 Å². The molecule has 0 amide bonds. The predicted molar refractivity (Wildman–Crippen MR) is 62.4 cm³/mol. The Morgan fingerprint density at radius 2 is 2.00 bits per heavy atom. The van der Waals surface area contributed by atoms with E-state index >= 15 is 0 Å². The van der Waals surface area contributed by atoms with Crippen LogP contribution < -0.4 is 5.32 Å². The van der Waals surface area contributed by atoms with Gasteiger partial charge < -0.3 is 5.32 Å². The number of allylic oxidation sites excluding steroid dienone is 1. The molecule has 1 heteroatoms. The zero-order valence-corrected chi connectivity index (χ0v) is 9.09. The summed E-state index contributed by atoms with van der Waals surface area (Å²) in [4.78, 5) is 0. The summed E-state index contributed by atoms with van der Waals surface area (Å²) in [6.07, 6.45) is 4.50. The molecule has 0 atom stereocenters. The van der Waals surface area contributed by atoms with Gasteiger partial charge in [0.2, 0.25) is 0 Å². The highest BCUT2D eigenvalue weighted by Crippen LogP contribution is 2.07. The van der Waals surface area contributed by atoms with E-state index in [0.717, 1.165) is 19.4 Å². The lowest BCUT2D eigenvalue weighted by Gasteiger charge is -2.01. The van der Waals surface area contributed by atoms with Crippen LogP contribution in [0.4, 0.5) is 0 Å². The third kappa shape index (κ3) is 4.24. The molecule has 0 saturated heterocycles. The van der Waals surface area contributed by atoms with Crippen molar-refractivity contribution in [3.8, 4) is 0 Å². The van der Waals surface area contributed by atoms with Gasteiger partial charge in [-0.15, -0.1) is 0 Å². The van der Waals surface area contributed by atoms with Gasteiger partial charge >= 0.3 is 0 Å². The van der Waals surface area contributed by atoms with Gasteiger partial charge in [0.1, 0.15) is 0 Å². The van der Waals surface area contributed by atoms with Gasteiger partial charge in [-0.25, -0.2) is 0 Å². The fraction of sp³-hybridized carbons (Fsp3) is 0.385. The molecule has 1 aromatic carbocycles. The van der Waals surface area contributed by atoms with Gasteiger partial charge in [0, 0.05) is 0 Å². The van der Waals surface area contributed by atoms with E-state index in [2.05, 4.69) is 48.6 Å². The normalized spacial score (nSPS) is 11.7. The molecule has 0 unspecified atom stereocenters. The first kappa shape index (κ1) is 11.0. The van der Waals surface area contributed by atoms with Crippen LogP contribution >= 0.6 is 0 Å². The lowest BCUT2D eigenvalue weighted by atomic mass is 10.1. The van der Waals surface area contributed by atoms with E-state index in [0.29, 0.717) is 0 Å². The Hall–Kier alpha value is -1.08. The third-order valence-electron chi connectivity index (χ3n) is 2.21. The quantitative estimate of drug-likeness (QED) is 0.555. The number of hydrogen-bond acceptors (Lipinski definition) is 1. The Labute approximate surface area is 86.8 Å². The molecule has 0 aromatic heterocycles. The number of hydrogen-bond donors (Lipinski definition) is 1. The van der Waals surface area contributed by atoms with Crippen LogP contribution in [0, 0.1) is 0 Å². The van der Waals surface area contributed by atoms with Crippen LogP contribution in [0.25, 0.3) is 0 Å². The van der Waals surface area contributed by atoms with Gasteiger partial charge in [-0.05, 0) is 38.9 Å². The predicted octanol–water partition coefficient (Wildman–Crippen LogP) is 2.78. The Kier molecular flexibility index (Phi) is 5.02. The second kappa shape index (κ2) is 6.39. The largest absolute Gasteiger partial charge is 0.319 e. The first-order chi connectivity index (χ1) is 6.83. The van der Waals surface area contributed by atoms with Crippen molar-refractivity contribution < 1.29 is 0 Å².